The summed E-state index contributed by atoms with van der Waals surface area (Å²) in [6.45, 7) is 2.09. The largest absolute Gasteiger partial charge is 0.462 e. The van der Waals surface area contributed by atoms with Crippen molar-refractivity contribution >= 4 is 34.2 Å². The molecule has 1 heterocycles. The molecule has 0 unspecified atom stereocenters. The van der Waals surface area contributed by atoms with Crippen LogP contribution in [0.25, 0.3) is 10.9 Å². The van der Waals surface area contributed by atoms with Gasteiger partial charge < -0.3 is 10.5 Å². The maximum Gasteiger partial charge on any atom is 0.339 e. The predicted octanol–water partition coefficient (Wildman–Crippen LogP) is 2.65. The van der Waals surface area contributed by atoms with Gasteiger partial charge in [-0.15, -0.1) is 0 Å². The van der Waals surface area contributed by atoms with Crippen LogP contribution in [-0.2, 0) is 4.74 Å². The van der Waals surface area contributed by atoms with Crippen molar-refractivity contribution in [3.05, 3.63) is 35.0 Å². The highest BCUT2D eigenvalue weighted by Crippen LogP contribution is 2.27. The van der Waals surface area contributed by atoms with Gasteiger partial charge in [0.15, 0.2) is 0 Å². The maximum atomic E-state index is 11.5. The van der Waals surface area contributed by atoms with Crippen LogP contribution in [0.5, 0.6) is 0 Å². The molecule has 0 amide bonds. The Balaban J connectivity index is 2.52. The molecule has 88 valence electrons. The number of pyridine rings is 1. The van der Waals surface area contributed by atoms with Crippen molar-refractivity contribution in [2.75, 3.05) is 12.3 Å². The Morgan fingerprint density at radius 1 is 1.53 bits per heavy atom. The number of aromatic nitrogens is 1. The molecule has 0 saturated carbocycles. The van der Waals surface area contributed by atoms with Gasteiger partial charge in [-0.3, -0.25) is 4.98 Å². The first-order valence-corrected chi connectivity index (χ1v) is 5.52. The molecule has 0 atom stereocenters. The molecule has 0 aliphatic heterocycles. The quantitative estimate of drug-likeness (QED) is 0.657. The average molecular weight is 251 g/mol. The minimum absolute atomic E-state index is 0.333. The van der Waals surface area contributed by atoms with E-state index in [1.807, 2.05) is 0 Å². The van der Waals surface area contributed by atoms with Crippen LogP contribution in [0.2, 0.25) is 5.02 Å². The number of hydrogen-bond donors (Lipinski definition) is 1. The number of hydrogen-bond acceptors (Lipinski definition) is 4. The van der Waals surface area contributed by atoms with E-state index in [0.717, 1.165) is 5.39 Å². The Morgan fingerprint density at radius 3 is 3.00 bits per heavy atom. The van der Waals surface area contributed by atoms with E-state index in [2.05, 4.69) is 4.98 Å². The van der Waals surface area contributed by atoms with Crippen molar-refractivity contribution in [2.45, 2.75) is 6.92 Å². The lowest BCUT2D eigenvalue weighted by atomic mass is 10.1. The van der Waals surface area contributed by atoms with Gasteiger partial charge in [-0.1, -0.05) is 17.7 Å². The minimum atomic E-state index is -0.394. The fourth-order valence-electron chi connectivity index (χ4n) is 1.51. The van der Waals surface area contributed by atoms with Crippen LogP contribution >= 0.6 is 11.6 Å². The van der Waals surface area contributed by atoms with Crippen LogP contribution in [0.4, 0.5) is 5.69 Å². The molecule has 5 heteroatoms. The summed E-state index contributed by atoms with van der Waals surface area (Å²) in [5.41, 5.74) is 7.12. The number of ether oxygens (including phenoxy) is 1. The van der Waals surface area contributed by atoms with Gasteiger partial charge in [0.1, 0.15) is 0 Å². The van der Waals surface area contributed by atoms with E-state index in [-0.39, 0.29) is 0 Å². The second kappa shape index (κ2) is 4.59. The SMILES string of the molecule is CCOC(=O)c1cnc2c(Cl)c(N)ccc2c1. The van der Waals surface area contributed by atoms with Crippen LogP contribution in [-0.4, -0.2) is 17.6 Å². The van der Waals surface area contributed by atoms with E-state index in [0.29, 0.717) is 28.4 Å². The van der Waals surface area contributed by atoms with Gasteiger partial charge in [0.2, 0.25) is 0 Å². The predicted molar refractivity (Wildman–Crippen MR) is 67.1 cm³/mol. The number of halogens is 1. The van der Waals surface area contributed by atoms with E-state index in [1.165, 1.54) is 6.20 Å². The normalized spacial score (nSPS) is 10.5. The molecule has 0 radical (unpaired) electrons. The standard InChI is InChI=1S/C12H11ClN2O2/c1-2-17-12(16)8-5-7-3-4-9(14)10(13)11(7)15-6-8/h3-6H,2,14H2,1H3. The maximum absolute atomic E-state index is 11.5. The lowest BCUT2D eigenvalue weighted by Crippen LogP contribution is -2.05. The zero-order chi connectivity index (χ0) is 12.4. The zero-order valence-corrected chi connectivity index (χ0v) is 9.99. The summed E-state index contributed by atoms with van der Waals surface area (Å²) >= 11 is 6.02. The van der Waals surface area contributed by atoms with E-state index in [1.54, 1.807) is 25.1 Å². The summed E-state index contributed by atoms with van der Waals surface area (Å²) < 4.78 is 4.89. The molecule has 2 rings (SSSR count). The van der Waals surface area contributed by atoms with Crippen molar-refractivity contribution in [2.24, 2.45) is 0 Å². The zero-order valence-electron chi connectivity index (χ0n) is 9.24. The van der Waals surface area contributed by atoms with Crippen LogP contribution < -0.4 is 5.73 Å². The van der Waals surface area contributed by atoms with E-state index in [9.17, 15) is 4.79 Å². The Labute approximate surface area is 103 Å². The number of nitrogens with two attached hydrogens (primary N) is 1. The number of carbonyl (C=O) groups is 1. The first-order chi connectivity index (χ1) is 8.13. The highest BCUT2D eigenvalue weighted by Gasteiger charge is 2.10. The lowest BCUT2D eigenvalue weighted by Gasteiger charge is -2.05. The Bertz CT molecular complexity index is 584. The molecule has 1 aromatic heterocycles. The van der Waals surface area contributed by atoms with Crippen molar-refractivity contribution < 1.29 is 9.53 Å². The number of carbonyl (C=O) groups excluding carboxylic acids is 1. The van der Waals surface area contributed by atoms with Crippen LogP contribution in [0.1, 0.15) is 17.3 Å². The fraction of sp³-hybridized carbons (Fsp3) is 0.167. The number of benzene rings is 1. The average Bonchev–Trinajstić information content (AvgIpc) is 2.34. The number of nitrogen functional groups attached to an aromatic ring is 1. The molecule has 0 spiro atoms. The van der Waals surface area contributed by atoms with Gasteiger partial charge in [-0.05, 0) is 19.1 Å². The van der Waals surface area contributed by atoms with Crippen molar-refractivity contribution in [3.8, 4) is 0 Å². The van der Waals surface area contributed by atoms with Crippen molar-refractivity contribution in [1.82, 2.24) is 4.98 Å². The number of anilines is 1. The molecule has 2 aromatic rings. The number of esters is 1. The smallest absolute Gasteiger partial charge is 0.339 e. The molecule has 17 heavy (non-hydrogen) atoms. The third-order valence-corrected chi connectivity index (χ3v) is 2.73. The first kappa shape index (κ1) is 11.7. The Hall–Kier alpha value is -1.81. The van der Waals surface area contributed by atoms with Gasteiger partial charge in [-0.25, -0.2) is 4.79 Å². The number of nitrogens with zero attached hydrogens (tertiary/aromatic N) is 1. The number of rotatable bonds is 2. The molecule has 0 saturated heterocycles. The van der Waals surface area contributed by atoms with Crippen molar-refractivity contribution in [3.63, 3.8) is 0 Å². The lowest BCUT2D eigenvalue weighted by molar-refractivity contribution is 0.0526. The number of fused-ring (bicyclic) bond motifs is 1. The summed E-state index contributed by atoms with van der Waals surface area (Å²) in [6, 6.07) is 5.14. The summed E-state index contributed by atoms with van der Waals surface area (Å²) in [6.07, 6.45) is 1.44. The van der Waals surface area contributed by atoms with E-state index >= 15 is 0 Å². The van der Waals surface area contributed by atoms with Gasteiger partial charge in [0.05, 0.1) is 28.4 Å². The monoisotopic (exact) mass is 250 g/mol. The van der Waals surface area contributed by atoms with Crippen LogP contribution in [0.3, 0.4) is 0 Å². The Kier molecular flexibility index (Phi) is 3.15. The van der Waals surface area contributed by atoms with Gasteiger partial charge in [0, 0.05) is 11.6 Å². The summed E-state index contributed by atoms with van der Waals surface area (Å²) in [7, 11) is 0. The molecule has 0 fully saturated rings. The molecular weight excluding hydrogens is 240 g/mol. The third-order valence-electron chi connectivity index (χ3n) is 2.33. The molecule has 0 bridgehead atoms. The van der Waals surface area contributed by atoms with Crippen molar-refractivity contribution in [1.29, 1.82) is 0 Å². The highest BCUT2D eigenvalue weighted by atomic mass is 35.5. The second-order valence-electron chi connectivity index (χ2n) is 3.48. The molecule has 4 nitrogen and oxygen atoms in total. The topological polar surface area (TPSA) is 65.2 Å². The van der Waals surface area contributed by atoms with E-state index < -0.39 is 5.97 Å². The Morgan fingerprint density at radius 2 is 2.29 bits per heavy atom. The second-order valence-corrected chi connectivity index (χ2v) is 3.86. The molecule has 0 aliphatic rings. The molecule has 0 aliphatic carbocycles. The molecular formula is C12H11ClN2O2. The first-order valence-electron chi connectivity index (χ1n) is 5.14. The van der Waals surface area contributed by atoms with Crippen LogP contribution in [0, 0.1) is 0 Å². The van der Waals surface area contributed by atoms with E-state index in [4.69, 9.17) is 22.1 Å². The summed E-state index contributed by atoms with van der Waals surface area (Å²) in [4.78, 5) is 15.7. The summed E-state index contributed by atoms with van der Waals surface area (Å²) in [5, 5.41) is 1.16. The van der Waals surface area contributed by atoms with Gasteiger partial charge in [0.25, 0.3) is 0 Å². The molecule has 2 N–H and O–H groups in total. The van der Waals surface area contributed by atoms with Gasteiger partial charge >= 0.3 is 5.97 Å². The minimum Gasteiger partial charge on any atom is -0.462 e. The summed E-state index contributed by atoms with van der Waals surface area (Å²) in [5.74, 6) is -0.394. The third kappa shape index (κ3) is 2.17. The highest BCUT2D eigenvalue weighted by molar-refractivity contribution is 6.37. The van der Waals surface area contributed by atoms with Gasteiger partial charge in [-0.2, -0.15) is 0 Å². The van der Waals surface area contributed by atoms with Crippen LogP contribution in [0.15, 0.2) is 24.4 Å². The fourth-order valence-corrected chi connectivity index (χ4v) is 1.73. The molecule has 1 aromatic carbocycles.